The van der Waals surface area contributed by atoms with Gasteiger partial charge in [0.15, 0.2) is 0 Å². The van der Waals surface area contributed by atoms with Gasteiger partial charge in [-0.25, -0.2) is 4.98 Å². The summed E-state index contributed by atoms with van der Waals surface area (Å²) < 4.78 is 0. The number of nitrogens with zero attached hydrogens (tertiary/aromatic N) is 2. The number of aliphatic hydroxyl groups excluding tert-OH is 1. The number of hydrogen-bond acceptors (Lipinski definition) is 5. The van der Waals surface area contributed by atoms with Crippen molar-refractivity contribution in [1.82, 2.24) is 14.9 Å². The normalized spacial score (nSPS) is 25.0. The van der Waals surface area contributed by atoms with E-state index in [9.17, 15) is 14.7 Å². The minimum absolute atomic E-state index is 0.120. The van der Waals surface area contributed by atoms with Gasteiger partial charge in [0, 0.05) is 24.3 Å². The Labute approximate surface area is 156 Å². The number of amides is 1. The third kappa shape index (κ3) is 3.50. The highest BCUT2D eigenvalue weighted by Gasteiger charge is 2.42. The number of fused-ring (bicyclic) bond motifs is 3. The van der Waals surface area contributed by atoms with Crippen molar-refractivity contribution >= 4 is 28.6 Å². The lowest BCUT2D eigenvalue weighted by Crippen LogP contribution is -2.48. The molecule has 0 spiro atoms. The van der Waals surface area contributed by atoms with Gasteiger partial charge in [-0.3, -0.25) is 9.59 Å². The van der Waals surface area contributed by atoms with Crippen LogP contribution in [0.25, 0.3) is 10.9 Å². The summed E-state index contributed by atoms with van der Waals surface area (Å²) in [5.74, 6) is 2.12. The third-order valence-corrected chi connectivity index (χ3v) is 6.33. The lowest BCUT2D eigenvalue weighted by Gasteiger charge is -2.37. The number of benzene rings is 1. The summed E-state index contributed by atoms with van der Waals surface area (Å²) >= 11 is 1.61. The standard InChI is InChI=1S/C19H23N3O3S/c23-14-9-12-5-6-13(10-14)22(12)18(24)7-8-26-11-17-20-16-4-2-1-3-15(16)19(25)21-17/h1-4,12-14,23H,5-11H2,(H,20,21,25)/t12-,13+,14?. The van der Waals surface area contributed by atoms with E-state index in [-0.39, 0.29) is 29.7 Å². The second kappa shape index (κ2) is 7.40. The maximum Gasteiger partial charge on any atom is 0.258 e. The van der Waals surface area contributed by atoms with Gasteiger partial charge in [-0.05, 0) is 37.8 Å². The van der Waals surface area contributed by atoms with Gasteiger partial charge in [0.1, 0.15) is 5.82 Å². The first kappa shape index (κ1) is 17.5. The molecule has 2 aliphatic rings. The van der Waals surface area contributed by atoms with Gasteiger partial charge >= 0.3 is 0 Å². The summed E-state index contributed by atoms with van der Waals surface area (Å²) in [6.45, 7) is 0. The third-order valence-electron chi connectivity index (χ3n) is 5.36. The molecule has 2 aliphatic heterocycles. The van der Waals surface area contributed by atoms with E-state index in [1.807, 2.05) is 23.1 Å². The number of nitrogens with one attached hydrogen (secondary N) is 1. The minimum atomic E-state index is -0.248. The number of carbonyl (C=O) groups is 1. The number of aromatic amines is 1. The van der Waals surface area contributed by atoms with E-state index in [0.29, 0.717) is 34.7 Å². The Morgan fingerprint density at radius 1 is 1.27 bits per heavy atom. The highest BCUT2D eigenvalue weighted by Crippen LogP contribution is 2.36. The van der Waals surface area contributed by atoms with Crippen LogP contribution in [0.1, 0.15) is 37.9 Å². The highest BCUT2D eigenvalue weighted by molar-refractivity contribution is 7.98. The molecule has 7 heteroatoms. The molecule has 2 saturated heterocycles. The molecule has 2 aromatic rings. The number of aromatic nitrogens is 2. The zero-order valence-electron chi connectivity index (χ0n) is 14.6. The van der Waals surface area contributed by atoms with Crippen LogP contribution in [0.5, 0.6) is 0 Å². The van der Waals surface area contributed by atoms with E-state index in [2.05, 4.69) is 9.97 Å². The van der Waals surface area contributed by atoms with Gasteiger partial charge in [-0.15, -0.1) is 0 Å². The molecule has 2 fully saturated rings. The molecular weight excluding hydrogens is 350 g/mol. The second-order valence-corrected chi connectivity index (χ2v) is 8.25. The Bertz CT molecular complexity index is 854. The SMILES string of the molecule is O=C(CCSCc1nc2ccccc2c(=O)[nH]1)N1[C@@H]2CC[C@H]1CC(O)C2. The number of carbonyl (C=O) groups excluding carboxylic acids is 1. The highest BCUT2D eigenvalue weighted by atomic mass is 32.2. The van der Waals surface area contributed by atoms with Crippen molar-refractivity contribution in [2.24, 2.45) is 0 Å². The van der Waals surface area contributed by atoms with Crippen molar-refractivity contribution in [2.45, 2.75) is 56.0 Å². The smallest absolute Gasteiger partial charge is 0.258 e. The van der Waals surface area contributed by atoms with Crippen molar-refractivity contribution in [2.75, 3.05) is 5.75 Å². The first-order valence-corrected chi connectivity index (χ1v) is 10.3. The van der Waals surface area contributed by atoms with Crippen LogP contribution in [0.15, 0.2) is 29.1 Å². The van der Waals surface area contributed by atoms with Crippen molar-refractivity contribution in [3.8, 4) is 0 Å². The molecule has 3 atom stereocenters. The maximum absolute atomic E-state index is 12.6. The first-order valence-electron chi connectivity index (χ1n) is 9.16. The molecule has 1 aromatic heterocycles. The summed E-state index contributed by atoms with van der Waals surface area (Å²) in [5, 5.41) is 10.4. The molecule has 6 nitrogen and oxygen atoms in total. The van der Waals surface area contributed by atoms with Gasteiger partial charge in [0.2, 0.25) is 5.91 Å². The summed E-state index contributed by atoms with van der Waals surface area (Å²) in [6.07, 6.45) is 3.72. The van der Waals surface area contributed by atoms with Crippen LogP contribution in [0.4, 0.5) is 0 Å². The van der Waals surface area contributed by atoms with Gasteiger partial charge in [0.05, 0.1) is 22.8 Å². The number of hydrogen-bond donors (Lipinski definition) is 2. The van der Waals surface area contributed by atoms with E-state index in [1.54, 1.807) is 17.8 Å². The van der Waals surface area contributed by atoms with Gasteiger partial charge in [0.25, 0.3) is 5.56 Å². The quantitative estimate of drug-likeness (QED) is 0.784. The first-order chi connectivity index (χ1) is 12.6. The second-order valence-electron chi connectivity index (χ2n) is 7.14. The van der Waals surface area contributed by atoms with E-state index < -0.39 is 0 Å². The zero-order valence-corrected chi connectivity index (χ0v) is 15.4. The number of aliphatic hydroxyl groups is 1. The van der Waals surface area contributed by atoms with Gasteiger partial charge in [-0.1, -0.05) is 12.1 Å². The zero-order chi connectivity index (χ0) is 18.1. The fraction of sp³-hybridized carbons (Fsp3) is 0.526. The Hall–Kier alpha value is -1.86. The molecule has 138 valence electrons. The Morgan fingerprint density at radius 2 is 2.00 bits per heavy atom. The molecule has 0 saturated carbocycles. The summed E-state index contributed by atoms with van der Waals surface area (Å²) in [5.41, 5.74) is 0.581. The number of H-pyrrole nitrogens is 1. The van der Waals surface area contributed by atoms with Crippen LogP contribution in [0.3, 0.4) is 0 Å². The van der Waals surface area contributed by atoms with Crippen LogP contribution in [-0.4, -0.2) is 49.8 Å². The molecule has 0 aliphatic carbocycles. The number of para-hydroxylation sites is 1. The molecule has 3 heterocycles. The Morgan fingerprint density at radius 3 is 2.77 bits per heavy atom. The number of thioether (sulfide) groups is 1. The largest absolute Gasteiger partial charge is 0.393 e. The molecule has 1 amide bonds. The van der Waals surface area contributed by atoms with E-state index in [1.165, 1.54) is 0 Å². The summed E-state index contributed by atoms with van der Waals surface area (Å²) in [6, 6.07) is 7.74. The predicted octanol–water partition coefficient (Wildman–Crippen LogP) is 2.06. The molecule has 0 radical (unpaired) electrons. The summed E-state index contributed by atoms with van der Waals surface area (Å²) in [7, 11) is 0. The number of rotatable bonds is 5. The lowest BCUT2D eigenvalue weighted by molar-refractivity contribution is -0.136. The van der Waals surface area contributed by atoms with Crippen LogP contribution < -0.4 is 5.56 Å². The predicted molar refractivity (Wildman–Crippen MR) is 102 cm³/mol. The molecule has 2 N–H and O–H groups in total. The monoisotopic (exact) mass is 373 g/mol. The topological polar surface area (TPSA) is 86.3 Å². The van der Waals surface area contributed by atoms with E-state index in [4.69, 9.17) is 0 Å². The van der Waals surface area contributed by atoms with E-state index in [0.717, 1.165) is 25.7 Å². The average molecular weight is 373 g/mol. The van der Waals surface area contributed by atoms with Crippen LogP contribution >= 0.6 is 11.8 Å². The Balaban J connectivity index is 1.30. The molecule has 4 rings (SSSR count). The maximum atomic E-state index is 12.6. The molecule has 26 heavy (non-hydrogen) atoms. The molecular formula is C19H23N3O3S. The van der Waals surface area contributed by atoms with Crippen molar-refractivity contribution in [1.29, 1.82) is 0 Å². The van der Waals surface area contributed by atoms with Crippen molar-refractivity contribution < 1.29 is 9.90 Å². The average Bonchev–Trinajstić information content (AvgIpc) is 2.90. The molecule has 1 unspecified atom stereocenters. The molecule has 1 aromatic carbocycles. The van der Waals surface area contributed by atoms with Crippen LogP contribution in [0.2, 0.25) is 0 Å². The van der Waals surface area contributed by atoms with Crippen LogP contribution in [-0.2, 0) is 10.5 Å². The van der Waals surface area contributed by atoms with Crippen LogP contribution in [0, 0.1) is 0 Å². The molecule has 2 bridgehead atoms. The Kier molecular flexibility index (Phi) is 5.00. The van der Waals surface area contributed by atoms with E-state index >= 15 is 0 Å². The van der Waals surface area contributed by atoms with Gasteiger partial charge in [-0.2, -0.15) is 11.8 Å². The fourth-order valence-electron chi connectivity index (χ4n) is 4.22. The van der Waals surface area contributed by atoms with Gasteiger partial charge < -0.3 is 15.0 Å². The van der Waals surface area contributed by atoms with Crippen molar-refractivity contribution in [3.63, 3.8) is 0 Å². The minimum Gasteiger partial charge on any atom is -0.393 e. The fourth-order valence-corrected chi connectivity index (χ4v) is 5.01. The van der Waals surface area contributed by atoms with Crippen molar-refractivity contribution in [3.05, 3.63) is 40.4 Å². The summed E-state index contributed by atoms with van der Waals surface area (Å²) in [4.78, 5) is 34.0. The number of piperidine rings is 1. The lowest BCUT2D eigenvalue weighted by atomic mass is 9.99.